The summed E-state index contributed by atoms with van der Waals surface area (Å²) in [5, 5.41) is 9.73. The summed E-state index contributed by atoms with van der Waals surface area (Å²) in [7, 11) is 3.73. The van der Waals surface area contributed by atoms with Crippen LogP contribution in [0, 0.1) is 0 Å². The molecule has 0 fully saturated rings. The van der Waals surface area contributed by atoms with Crippen molar-refractivity contribution in [3.8, 4) is 0 Å². The van der Waals surface area contributed by atoms with Crippen molar-refractivity contribution in [1.82, 2.24) is 9.96 Å². The largest absolute Gasteiger partial charge is 0.445 e. The highest BCUT2D eigenvalue weighted by Gasteiger charge is 2.13. The first-order chi connectivity index (χ1) is 5.93. The van der Waals surface area contributed by atoms with E-state index in [4.69, 9.17) is 9.94 Å². The first kappa shape index (κ1) is 12.2. The fourth-order valence-corrected chi connectivity index (χ4v) is 0.648. The minimum absolute atomic E-state index is 0.207. The van der Waals surface area contributed by atoms with Gasteiger partial charge in [0.1, 0.15) is 0 Å². The van der Waals surface area contributed by atoms with Gasteiger partial charge in [-0.05, 0) is 27.9 Å². The molecule has 0 spiro atoms. The van der Waals surface area contributed by atoms with Gasteiger partial charge < -0.3 is 9.64 Å². The Morgan fingerprint density at radius 2 is 1.92 bits per heavy atom. The van der Waals surface area contributed by atoms with Crippen LogP contribution in [0.4, 0.5) is 4.79 Å². The zero-order valence-corrected chi connectivity index (χ0v) is 8.65. The monoisotopic (exact) mass is 190 g/mol. The molecule has 0 saturated carbocycles. The van der Waals surface area contributed by atoms with Crippen LogP contribution >= 0.6 is 0 Å². The first-order valence-corrected chi connectivity index (χ1v) is 4.25. The molecule has 5 nitrogen and oxygen atoms in total. The molecule has 0 atom stereocenters. The summed E-state index contributed by atoms with van der Waals surface area (Å²) in [6.45, 7) is 4.32. The predicted octanol–water partition coefficient (Wildman–Crippen LogP) is 0.784. The number of likely N-dealkylation sites (N-methyl/N-ethyl adjacent to an activating group) is 1. The molecular weight excluding hydrogens is 172 g/mol. The molecule has 0 heterocycles. The first-order valence-electron chi connectivity index (χ1n) is 4.25. The van der Waals surface area contributed by atoms with Crippen LogP contribution in [0.3, 0.4) is 0 Å². The van der Waals surface area contributed by atoms with Crippen molar-refractivity contribution in [2.75, 3.05) is 27.2 Å². The summed E-state index contributed by atoms with van der Waals surface area (Å²) in [6.07, 6.45) is -0.904. The Labute approximate surface area is 78.8 Å². The number of hydrogen-bond donors (Lipinski definition) is 1. The topological polar surface area (TPSA) is 53.0 Å². The summed E-state index contributed by atoms with van der Waals surface area (Å²) in [6, 6.07) is 0. The minimum Gasteiger partial charge on any atom is -0.445 e. The van der Waals surface area contributed by atoms with Crippen LogP contribution < -0.4 is 0 Å². The van der Waals surface area contributed by atoms with E-state index in [1.165, 1.54) is 0 Å². The molecule has 0 aromatic carbocycles. The van der Waals surface area contributed by atoms with Crippen LogP contribution in [0.1, 0.15) is 13.8 Å². The van der Waals surface area contributed by atoms with Crippen molar-refractivity contribution in [1.29, 1.82) is 0 Å². The van der Waals surface area contributed by atoms with Crippen LogP contribution in [0.5, 0.6) is 0 Å². The van der Waals surface area contributed by atoms with E-state index in [0.29, 0.717) is 11.6 Å². The zero-order chi connectivity index (χ0) is 10.4. The molecule has 78 valence electrons. The number of ether oxygens (including phenoxy) is 1. The van der Waals surface area contributed by atoms with Gasteiger partial charge in [-0.2, -0.15) is 5.06 Å². The summed E-state index contributed by atoms with van der Waals surface area (Å²) < 4.78 is 4.76. The van der Waals surface area contributed by atoms with E-state index < -0.39 is 6.09 Å². The number of hydrogen-bond acceptors (Lipinski definition) is 4. The lowest BCUT2D eigenvalue weighted by molar-refractivity contribution is -0.0822. The van der Waals surface area contributed by atoms with Crippen molar-refractivity contribution in [3.63, 3.8) is 0 Å². The summed E-state index contributed by atoms with van der Waals surface area (Å²) in [4.78, 5) is 12.9. The molecule has 0 aliphatic heterocycles. The third-order valence-electron chi connectivity index (χ3n) is 1.31. The van der Waals surface area contributed by atoms with Gasteiger partial charge in [-0.25, -0.2) is 4.79 Å². The van der Waals surface area contributed by atoms with E-state index in [0.717, 1.165) is 0 Å². The Morgan fingerprint density at radius 3 is 2.31 bits per heavy atom. The van der Waals surface area contributed by atoms with Gasteiger partial charge in [0.15, 0.2) is 0 Å². The highest BCUT2D eigenvalue weighted by atomic mass is 16.6. The number of carbonyl (C=O) groups excluding carboxylic acids is 1. The van der Waals surface area contributed by atoms with Gasteiger partial charge in [0, 0.05) is 6.54 Å². The quantitative estimate of drug-likeness (QED) is 0.526. The Bertz CT molecular complexity index is 159. The Kier molecular flexibility index (Phi) is 5.41. The average Bonchev–Trinajstić information content (AvgIpc) is 1.98. The van der Waals surface area contributed by atoms with E-state index in [1.807, 2.05) is 19.0 Å². The highest BCUT2D eigenvalue weighted by Crippen LogP contribution is 1.95. The Hall–Kier alpha value is -0.810. The molecule has 0 saturated heterocycles. The Morgan fingerprint density at radius 1 is 1.38 bits per heavy atom. The molecule has 5 heteroatoms. The van der Waals surface area contributed by atoms with Gasteiger partial charge >= 0.3 is 6.09 Å². The molecule has 1 amide bonds. The number of rotatable bonds is 4. The Balaban J connectivity index is 3.69. The maximum atomic E-state index is 11.0. The molecule has 0 aromatic rings. The summed E-state index contributed by atoms with van der Waals surface area (Å²) in [5.41, 5.74) is 0. The molecule has 13 heavy (non-hydrogen) atoms. The van der Waals surface area contributed by atoms with Crippen LogP contribution in [0.25, 0.3) is 0 Å². The van der Waals surface area contributed by atoms with Gasteiger partial charge in [-0.1, -0.05) is 0 Å². The van der Waals surface area contributed by atoms with E-state index in [1.54, 1.807) is 13.8 Å². The molecule has 0 aliphatic rings. The number of amides is 1. The molecule has 0 aromatic heterocycles. The van der Waals surface area contributed by atoms with Crippen molar-refractivity contribution < 1.29 is 14.7 Å². The molecule has 0 unspecified atom stereocenters. The molecular formula is C8H18N2O3. The lowest BCUT2D eigenvalue weighted by Crippen LogP contribution is -2.35. The second-order valence-electron chi connectivity index (χ2n) is 3.36. The van der Waals surface area contributed by atoms with Gasteiger partial charge in [0.25, 0.3) is 0 Å². The smallest absolute Gasteiger partial charge is 0.434 e. The average molecular weight is 190 g/mol. The third kappa shape index (κ3) is 6.36. The van der Waals surface area contributed by atoms with Crippen LogP contribution in [-0.4, -0.2) is 54.6 Å². The lowest BCUT2D eigenvalue weighted by atomic mass is 10.5. The van der Waals surface area contributed by atoms with Crippen molar-refractivity contribution in [2.45, 2.75) is 20.0 Å². The maximum absolute atomic E-state index is 11.0. The van der Waals surface area contributed by atoms with E-state index in [2.05, 4.69) is 0 Å². The number of hydroxylamine groups is 2. The fourth-order valence-electron chi connectivity index (χ4n) is 0.648. The van der Waals surface area contributed by atoms with E-state index in [9.17, 15) is 4.79 Å². The third-order valence-corrected chi connectivity index (χ3v) is 1.31. The maximum Gasteiger partial charge on any atom is 0.434 e. The van der Waals surface area contributed by atoms with E-state index in [-0.39, 0.29) is 12.6 Å². The second kappa shape index (κ2) is 5.77. The minimum atomic E-state index is -0.697. The van der Waals surface area contributed by atoms with Crippen LogP contribution in [-0.2, 0) is 4.74 Å². The van der Waals surface area contributed by atoms with Gasteiger partial charge in [-0.3, -0.25) is 5.21 Å². The highest BCUT2D eigenvalue weighted by molar-refractivity contribution is 5.66. The molecule has 1 N–H and O–H groups in total. The molecule has 0 radical (unpaired) electrons. The number of nitrogens with zero attached hydrogens (tertiary/aromatic N) is 2. The van der Waals surface area contributed by atoms with Crippen LogP contribution in [0.2, 0.25) is 0 Å². The van der Waals surface area contributed by atoms with E-state index >= 15 is 0 Å². The lowest BCUT2D eigenvalue weighted by Gasteiger charge is -2.18. The van der Waals surface area contributed by atoms with Crippen molar-refractivity contribution >= 4 is 6.09 Å². The van der Waals surface area contributed by atoms with Crippen molar-refractivity contribution in [3.05, 3.63) is 0 Å². The number of carbonyl (C=O) groups is 1. The van der Waals surface area contributed by atoms with Crippen molar-refractivity contribution in [2.24, 2.45) is 0 Å². The zero-order valence-electron chi connectivity index (χ0n) is 8.65. The molecule has 0 rings (SSSR count). The van der Waals surface area contributed by atoms with Crippen LogP contribution in [0.15, 0.2) is 0 Å². The molecule has 0 aliphatic carbocycles. The standard InChI is InChI=1S/C8H18N2O3/c1-7(2)13-8(11)10(12)6-5-9(3)4/h7,12H,5-6H2,1-4H3. The predicted molar refractivity (Wildman–Crippen MR) is 48.7 cm³/mol. The fraction of sp³-hybridized carbons (Fsp3) is 0.875. The van der Waals surface area contributed by atoms with Gasteiger partial charge in [-0.15, -0.1) is 0 Å². The summed E-state index contributed by atoms with van der Waals surface area (Å²) in [5.74, 6) is 0. The van der Waals surface area contributed by atoms with Gasteiger partial charge in [0.05, 0.1) is 12.6 Å². The second-order valence-corrected chi connectivity index (χ2v) is 3.36. The van der Waals surface area contributed by atoms with Gasteiger partial charge in [0.2, 0.25) is 0 Å². The summed E-state index contributed by atoms with van der Waals surface area (Å²) >= 11 is 0. The SMILES string of the molecule is CC(C)OC(=O)N(O)CCN(C)C. The normalized spacial score (nSPS) is 10.7. The molecule has 0 bridgehead atoms.